The molecule has 1 fully saturated rings. The Morgan fingerprint density at radius 2 is 2.00 bits per heavy atom. The van der Waals surface area contributed by atoms with E-state index in [1.165, 1.54) is 5.56 Å². The second-order valence-corrected chi connectivity index (χ2v) is 6.67. The van der Waals surface area contributed by atoms with Crippen LogP contribution in [0.15, 0.2) is 30.3 Å². The Hall–Kier alpha value is -0.900. The van der Waals surface area contributed by atoms with Crippen LogP contribution in [0.25, 0.3) is 0 Å². The Balaban J connectivity index is 2.28. The van der Waals surface area contributed by atoms with E-state index in [-0.39, 0.29) is 23.5 Å². The summed E-state index contributed by atoms with van der Waals surface area (Å²) in [7, 11) is 0. The van der Waals surface area contributed by atoms with Crippen LogP contribution in [-0.2, 0) is 11.2 Å². The summed E-state index contributed by atoms with van der Waals surface area (Å²) in [4.78, 5) is 0. The van der Waals surface area contributed by atoms with Gasteiger partial charge in [0.15, 0.2) is 0 Å². The Bertz CT molecular complexity index is 414. The molecule has 2 rings (SSSR count). The number of nitrogens with two attached hydrogens (primary N) is 1. The molecule has 0 radical (unpaired) electrons. The minimum absolute atomic E-state index is 0.0343. The molecule has 1 aliphatic rings. The van der Waals surface area contributed by atoms with Crippen molar-refractivity contribution >= 4 is 0 Å². The van der Waals surface area contributed by atoms with Gasteiger partial charge in [-0.25, -0.2) is 0 Å². The average Bonchev–Trinajstić information content (AvgIpc) is 2.40. The normalized spacial score (nSPS) is 27.2. The Morgan fingerprint density at radius 3 is 2.55 bits per heavy atom. The van der Waals surface area contributed by atoms with Gasteiger partial charge in [0.2, 0.25) is 0 Å². The van der Waals surface area contributed by atoms with Crippen LogP contribution in [0.1, 0.15) is 32.3 Å². The molecule has 20 heavy (non-hydrogen) atoms. The van der Waals surface area contributed by atoms with Crippen molar-refractivity contribution in [3.63, 3.8) is 0 Å². The van der Waals surface area contributed by atoms with E-state index >= 15 is 0 Å². The van der Waals surface area contributed by atoms with Crippen molar-refractivity contribution < 1.29 is 9.84 Å². The lowest BCUT2D eigenvalue weighted by Crippen LogP contribution is -2.49. The van der Waals surface area contributed by atoms with Gasteiger partial charge in [-0.15, -0.1) is 0 Å². The number of aliphatic hydroxyl groups excluding tert-OH is 1. The molecule has 3 nitrogen and oxygen atoms in total. The summed E-state index contributed by atoms with van der Waals surface area (Å²) >= 11 is 0. The molecule has 3 N–H and O–H groups in total. The van der Waals surface area contributed by atoms with E-state index in [0.717, 1.165) is 25.9 Å². The van der Waals surface area contributed by atoms with E-state index in [1.807, 2.05) is 6.07 Å². The fourth-order valence-corrected chi connectivity index (χ4v) is 3.68. The van der Waals surface area contributed by atoms with Gasteiger partial charge in [0.25, 0.3) is 0 Å². The van der Waals surface area contributed by atoms with E-state index in [1.54, 1.807) is 0 Å². The number of hydrogen-bond donors (Lipinski definition) is 2. The summed E-state index contributed by atoms with van der Waals surface area (Å²) in [6.07, 6.45) is 2.87. The highest BCUT2D eigenvalue weighted by Gasteiger charge is 2.45. The van der Waals surface area contributed by atoms with Crippen LogP contribution < -0.4 is 5.73 Å². The van der Waals surface area contributed by atoms with E-state index in [4.69, 9.17) is 10.5 Å². The standard InChI is InChI=1S/C17H27NO2/c1-16(2)13-17(8-9-20-16,15(11-18)12-19)10-14-6-4-3-5-7-14/h3-7,15,19H,8-13,18H2,1-2H3/t15-,17-/m1/s1. The van der Waals surface area contributed by atoms with Crippen molar-refractivity contribution in [2.75, 3.05) is 19.8 Å². The summed E-state index contributed by atoms with van der Waals surface area (Å²) in [6.45, 7) is 5.70. The summed E-state index contributed by atoms with van der Waals surface area (Å²) in [5.74, 6) is 0.130. The van der Waals surface area contributed by atoms with Crippen molar-refractivity contribution in [3.05, 3.63) is 35.9 Å². The van der Waals surface area contributed by atoms with Crippen molar-refractivity contribution in [1.29, 1.82) is 0 Å². The first-order valence-electron chi connectivity index (χ1n) is 7.50. The van der Waals surface area contributed by atoms with Crippen molar-refractivity contribution in [2.24, 2.45) is 17.1 Å². The smallest absolute Gasteiger partial charge is 0.0632 e. The number of aliphatic hydroxyl groups is 1. The Labute approximate surface area is 122 Å². The van der Waals surface area contributed by atoms with Gasteiger partial charge in [-0.05, 0) is 50.6 Å². The largest absolute Gasteiger partial charge is 0.396 e. The zero-order valence-electron chi connectivity index (χ0n) is 12.6. The number of hydrogen-bond acceptors (Lipinski definition) is 3. The van der Waals surface area contributed by atoms with E-state index < -0.39 is 0 Å². The van der Waals surface area contributed by atoms with Crippen LogP contribution in [0.5, 0.6) is 0 Å². The fraction of sp³-hybridized carbons (Fsp3) is 0.647. The maximum absolute atomic E-state index is 9.77. The zero-order valence-corrected chi connectivity index (χ0v) is 12.6. The van der Waals surface area contributed by atoms with Crippen LogP contribution in [0, 0.1) is 11.3 Å². The minimum atomic E-state index is -0.143. The summed E-state index contributed by atoms with van der Waals surface area (Å²) in [5.41, 5.74) is 7.15. The first-order chi connectivity index (χ1) is 9.51. The first-order valence-corrected chi connectivity index (χ1v) is 7.50. The summed E-state index contributed by atoms with van der Waals surface area (Å²) < 4.78 is 5.88. The van der Waals surface area contributed by atoms with Crippen molar-refractivity contribution in [2.45, 2.75) is 38.7 Å². The highest BCUT2D eigenvalue weighted by atomic mass is 16.5. The van der Waals surface area contributed by atoms with Crippen LogP contribution in [0.2, 0.25) is 0 Å². The van der Waals surface area contributed by atoms with Gasteiger partial charge in [-0.2, -0.15) is 0 Å². The maximum atomic E-state index is 9.77. The third-order valence-corrected chi connectivity index (χ3v) is 4.64. The van der Waals surface area contributed by atoms with Crippen molar-refractivity contribution in [3.8, 4) is 0 Å². The topological polar surface area (TPSA) is 55.5 Å². The molecule has 1 aromatic carbocycles. The van der Waals surface area contributed by atoms with Crippen molar-refractivity contribution in [1.82, 2.24) is 0 Å². The molecule has 0 aromatic heterocycles. The molecule has 3 heteroatoms. The SMILES string of the molecule is CC1(C)C[C@@](Cc2ccccc2)([C@H](CN)CO)CCO1. The fourth-order valence-electron chi connectivity index (χ4n) is 3.68. The Morgan fingerprint density at radius 1 is 1.30 bits per heavy atom. The molecule has 1 aliphatic heterocycles. The van der Waals surface area contributed by atoms with E-state index in [9.17, 15) is 5.11 Å². The third kappa shape index (κ3) is 3.40. The molecule has 0 spiro atoms. The molecule has 0 unspecified atom stereocenters. The molecule has 0 saturated carbocycles. The van der Waals surface area contributed by atoms with Gasteiger partial charge in [0, 0.05) is 19.1 Å². The quantitative estimate of drug-likeness (QED) is 0.869. The predicted molar refractivity (Wildman–Crippen MR) is 81.5 cm³/mol. The molecule has 112 valence electrons. The van der Waals surface area contributed by atoms with Gasteiger partial charge in [0.05, 0.1) is 5.60 Å². The van der Waals surface area contributed by atoms with Crippen LogP contribution in [0.4, 0.5) is 0 Å². The minimum Gasteiger partial charge on any atom is -0.396 e. The van der Waals surface area contributed by atoms with E-state index in [2.05, 4.69) is 38.1 Å². The summed E-state index contributed by atoms with van der Waals surface area (Å²) in [6, 6.07) is 10.5. The van der Waals surface area contributed by atoms with Gasteiger partial charge in [0.1, 0.15) is 0 Å². The third-order valence-electron chi connectivity index (χ3n) is 4.64. The van der Waals surface area contributed by atoms with Crippen LogP contribution in [0.3, 0.4) is 0 Å². The molecular weight excluding hydrogens is 250 g/mol. The van der Waals surface area contributed by atoms with Gasteiger partial charge < -0.3 is 15.6 Å². The molecule has 1 saturated heterocycles. The molecule has 0 aliphatic carbocycles. The molecule has 2 atom stereocenters. The number of rotatable bonds is 5. The molecular formula is C17H27NO2. The molecule has 1 heterocycles. The first kappa shape index (κ1) is 15.5. The van der Waals surface area contributed by atoms with Crippen LogP contribution in [-0.4, -0.2) is 30.5 Å². The highest BCUT2D eigenvalue weighted by molar-refractivity contribution is 5.18. The zero-order chi connectivity index (χ0) is 14.6. The van der Waals surface area contributed by atoms with Gasteiger partial charge in [-0.1, -0.05) is 30.3 Å². The highest BCUT2D eigenvalue weighted by Crippen LogP contribution is 2.46. The predicted octanol–water partition coefficient (Wildman–Crippen LogP) is 2.37. The van der Waals surface area contributed by atoms with Gasteiger partial charge in [-0.3, -0.25) is 0 Å². The van der Waals surface area contributed by atoms with E-state index in [0.29, 0.717) is 6.54 Å². The number of benzene rings is 1. The lowest BCUT2D eigenvalue weighted by atomic mass is 9.63. The van der Waals surface area contributed by atoms with Crippen LogP contribution >= 0.6 is 0 Å². The monoisotopic (exact) mass is 277 g/mol. The molecule has 1 aromatic rings. The lowest BCUT2D eigenvalue weighted by Gasteiger charge is -2.49. The maximum Gasteiger partial charge on any atom is 0.0632 e. The lowest BCUT2D eigenvalue weighted by molar-refractivity contribution is -0.126. The molecule has 0 amide bonds. The number of ether oxygens (including phenoxy) is 1. The Kier molecular flexibility index (Phi) is 4.84. The average molecular weight is 277 g/mol. The second-order valence-electron chi connectivity index (χ2n) is 6.67. The second kappa shape index (κ2) is 6.25. The summed E-state index contributed by atoms with van der Waals surface area (Å²) in [5, 5.41) is 9.77. The van der Waals surface area contributed by atoms with Gasteiger partial charge >= 0.3 is 0 Å². The molecule has 0 bridgehead atoms.